The number of hydrogen-bond acceptors (Lipinski definition) is 4. The van der Waals surface area contributed by atoms with Crippen LogP contribution in [0.1, 0.15) is 13.3 Å². The monoisotopic (exact) mass is 322 g/mol. The first-order valence-electron chi connectivity index (χ1n) is 5.50. The Bertz CT molecular complexity index is 384. The van der Waals surface area contributed by atoms with E-state index >= 15 is 0 Å². The maximum absolute atomic E-state index is 12.1. The van der Waals surface area contributed by atoms with E-state index in [9.17, 15) is 35.9 Å². The van der Waals surface area contributed by atoms with Gasteiger partial charge in [0.1, 0.15) is 0 Å². The number of hydrogen-bond donors (Lipinski definition) is 0. The molecule has 0 amide bonds. The van der Waals surface area contributed by atoms with E-state index in [1.54, 1.807) is 0 Å². The molecule has 0 saturated heterocycles. The molecule has 0 rings (SSSR count). The Morgan fingerprint density at radius 1 is 1.00 bits per heavy atom. The quantitative estimate of drug-likeness (QED) is 0.327. The Morgan fingerprint density at radius 3 is 1.81 bits per heavy atom. The first kappa shape index (κ1) is 19.3. The summed E-state index contributed by atoms with van der Waals surface area (Å²) in [5.41, 5.74) is 0.0706. The van der Waals surface area contributed by atoms with Crippen LogP contribution in [0.4, 0.5) is 26.3 Å². The van der Waals surface area contributed by atoms with E-state index in [1.807, 2.05) is 0 Å². The van der Waals surface area contributed by atoms with Crippen molar-refractivity contribution in [2.24, 2.45) is 5.92 Å². The van der Waals surface area contributed by atoms with Crippen molar-refractivity contribution in [2.75, 3.05) is 13.2 Å². The highest BCUT2D eigenvalue weighted by Gasteiger charge is 2.62. The summed E-state index contributed by atoms with van der Waals surface area (Å²) in [6, 6.07) is 0. The van der Waals surface area contributed by atoms with Crippen molar-refractivity contribution in [3.8, 4) is 0 Å². The molecule has 0 aliphatic carbocycles. The van der Waals surface area contributed by atoms with Crippen LogP contribution < -0.4 is 0 Å². The molecule has 4 nitrogen and oxygen atoms in total. The number of alkyl halides is 6. The highest BCUT2D eigenvalue weighted by molar-refractivity contribution is 5.86. The van der Waals surface area contributed by atoms with Crippen molar-refractivity contribution in [1.29, 1.82) is 0 Å². The molecule has 0 atom stereocenters. The summed E-state index contributed by atoms with van der Waals surface area (Å²) in [6.45, 7) is 3.52. The Hall–Kier alpha value is -1.74. The second kappa shape index (κ2) is 7.32. The van der Waals surface area contributed by atoms with Gasteiger partial charge >= 0.3 is 24.3 Å². The standard InChI is InChI=1S/C11H12F6O4/c1-6(2)8(18)20-4-3-5-21-9(19)7(10(12,13)14)11(15,16)17/h7H,1,3-5H2,2H3. The van der Waals surface area contributed by atoms with Gasteiger partial charge < -0.3 is 9.47 Å². The molecule has 0 unspecified atom stereocenters. The zero-order valence-corrected chi connectivity index (χ0v) is 10.8. The number of carbonyl (C=O) groups excluding carboxylic acids is 2. The fraction of sp³-hybridized carbons (Fsp3) is 0.636. The van der Waals surface area contributed by atoms with Gasteiger partial charge in [0.25, 0.3) is 0 Å². The minimum Gasteiger partial charge on any atom is -0.465 e. The largest absolute Gasteiger partial charge is 0.465 e. The second-order valence-corrected chi connectivity index (χ2v) is 3.95. The lowest BCUT2D eigenvalue weighted by atomic mass is 10.1. The van der Waals surface area contributed by atoms with E-state index in [2.05, 4.69) is 16.1 Å². The predicted molar refractivity (Wildman–Crippen MR) is 56.9 cm³/mol. The first-order valence-corrected chi connectivity index (χ1v) is 5.50. The van der Waals surface area contributed by atoms with Gasteiger partial charge in [-0.15, -0.1) is 0 Å². The van der Waals surface area contributed by atoms with Crippen LogP contribution in [0.5, 0.6) is 0 Å². The highest BCUT2D eigenvalue weighted by Crippen LogP contribution is 2.39. The van der Waals surface area contributed by atoms with Gasteiger partial charge in [0.2, 0.25) is 5.92 Å². The Balaban J connectivity index is 4.30. The molecule has 0 aliphatic heterocycles. The van der Waals surface area contributed by atoms with Crippen molar-refractivity contribution in [3.63, 3.8) is 0 Å². The first-order chi connectivity index (χ1) is 9.37. The van der Waals surface area contributed by atoms with Crippen LogP contribution in [-0.4, -0.2) is 37.5 Å². The minimum atomic E-state index is -5.79. The van der Waals surface area contributed by atoms with Crippen LogP contribution in [0.15, 0.2) is 12.2 Å². The summed E-state index contributed by atoms with van der Waals surface area (Å²) in [5, 5.41) is 0. The maximum atomic E-state index is 12.1. The van der Waals surface area contributed by atoms with Crippen LogP contribution >= 0.6 is 0 Å². The van der Waals surface area contributed by atoms with E-state index in [-0.39, 0.29) is 18.6 Å². The lowest BCUT2D eigenvalue weighted by molar-refractivity contribution is -0.281. The number of carbonyl (C=O) groups is 2. The number of ether oxygens (including phenoxy) is 2. The lowest BCUT2D eigenvalue weighted by Crippen LogP contribution is -2.43. The Labute approximate surface area is 115 Å². The summed E-state index contributed by atoms with van der Waals surface area (Å²) in [4.78, 5) is 21.7. The molecule has 0 aromatic rings. The fourth-order valence-corrected chi connectivity index (χ4v) is 1.06. The van der Waals surface area contributed by atoms with Crippen molar-refractivity contribution >= 4 is 11.9 Å². The molecular formula is C11H12F6O4. The Morgan fingerprint density at radius 2 is 1.43 bits per heavy atom. The number of halogens is 6. The van der Waals surface area contributed by atoms with Gasteiger partial charge in [0.05, 0.1) is 13.2 Å². The molecule has 21 heavy (non-hydrogen) atoms. The summed E-state index contributed by atoms with van der Waals surface area (Å²) < 4.78 is 81.2. The van der Waals surface area contributed by atoms with Gasteiger partial charge in [0.15, 0.2) is 0 Å². The molecule has 0 aliphatic rings. The zero-order chi connectivity index (χ0) is 16.8. The summed E-state index contributed by atoms with van der Waals surface area (Å²) in [5.74, 6) is -7.41. The van der Waals surface area contributed by atoms with E-state index in [1.165, 1.54) is 6.92 Å². The molecule has 0 N–H and O–H groups in total. The molecule has 0 aromatic heterocycles. The van der Waals surface area contributed by atoms with Crippen LogP contribution in [0.3, 0.4) is 0 Å². The average Bonchev–Trinajstić information content (AvgIpc) is 2.23. The molecule has 0 spiro atoms. The smallest absolute Gasteiger partial charge is 0.411 e. The third kappa shape index (κ3) is 7.00. The van der Waals surface area contributed by atoms with E-state index in [4.69, 9.17) is 0 Å². The second-order valence-electron chi connectivity index (χ2n) is 3.95. The lowest BCUT2D eigenvalue weighted by Gasteiger charge is -2.21. The van der Waals surface area contributed by atoms with Crippen LogP contribution in [0.25, 0.3) is 0 Å². The zero-order valence-electron chi connectivity index (χ0n) is 10.8. The molecule has 0 radical (unpaired) electrons. The van der Waals surface area contributed by atoms with Crippen molar-refractivity contribution < 1.29 is 45.4 Å². The predicted octanol–water partition coefficient (Wildman–Crippen LogP) is 2.78. The van der Waals surface area contributed by atoms with Crippen LogP contribution in [0, 0.1) is 5.92 Å². The van der Waals surface area contributed by atoms with Crippen molar-refractivity contribution in [1.82, 2.24) is 0 Å². The molecule has 0 bridgehead atoms. The van der Waals surface area contributed by atoms with Gasteiger partial charge in [-0.25, -0.2) is 4.79 Å². The molecule has 10 heteroatoms. The van der Waals surface area contributed by atoms with Gasteiger partial charge in [-0.2, -0.15) is 26.3 Å². The van der Waals surface area contributed by atoms with E-state index in [0.29, 0.717) is 0 Å². The molecule has 0 aromatic carbocycles. The molecule has 0 saturated carbocycles. The SMILES string of the molecule is C=C(C)C(=O)OCCCOC(=O)C(C(F)(F)F)C(F)(F)F. The minimum absolute atomic E-state index is 0.0706. The van der Waals surface area contributed by atoms with Crippen molar-refractivity contribution in [3.05, 3.63) is 12.2 Å². The van der Waals surface area contributed by atoms with Gasteiger partial charge in [-0.3, -0.25) is 4.79 Å². The molecular weight excluding hydrogens is 310 g/mol. The molecule has 122 valence electrons. The average molecular weight is 322 g/mol. The van der Waals surface area contributed by atoms with Gasteiger partial charge in [-0.1, -0.05) is 6.58 Å². The Kier molecular flexibility index (Phi) is 6.71. The van der Waals surface area contributed by atoms with Crippen molar-refractivity contribution in [2.45, 2.75) is 25.7 Å². The maximum Gasteiger partial charge on any atom is 0.411 e. The molecule has 0 fully saturated rings. The topological polar surface area (TPSA) is 52.6 Å². The van der Waals surface area contributed by atoms with E-state index < -0.39 is 36.8 Å². The fourth-order valence-electron chi connectivity index (χ4n) is 1.06. The highest BCUT2D eigenvalue weighted by atomic mass is 19.4. The normalized spacial score (nSPS) is 12.2. The molecule has 0 heterocycles. The number of rotatable bonds is 6. The van der Waals surface area contributed by atoms with Crippen LogP contribution in [0.2, 0.25) is 0 Å². The summed E-state index contributed by atoms with van der Waals surface area (Å²) in [7, 11) is 0. The van der Waals surface area contributed by atoms with Gasteiger partial charge in [0, 0.05) is 12.0 Å². The summed E-state index contributed by atoms with van der Waals surface area (Å²) in [6.07, 6.45) is -11.8. The van der Waals surface area contributed by atoms with Gasteiger partial charge in [-0.05, 0) is 6.92 Å². The summed E-state index contributed by atoms with van der Waals surface area (Å²) >= 11 is 0. The third-order valence-electron chi connectivity index (χ3n) is 2.00. The van der Waals surface area contributed by atoms with Crippen LogP contribution in [-0.2, 0) is 19.1 Å². The third-order valence-corrected chi connectivity index (χ3v) is 2.00. The van der Waals surface area contributed by atoms with E-state index in [0.717, 1.165) is 0 Å². The number of esters is 2.